The Morgan fingerprint density at radius 1 is 1.32 bits per heavy atom. The highest BCUT2D eigenvalue weighted by atomic mass is 15.3. The number of hydrogen-bond donors (Lipinski definition) is 1. The van der Waals surface area contributed by atoms with Gasteiger partial charge in [-0.2, -0.15) is 0 Å². The van der Waals surface area contributed by atoms with E-state index < -0.39 is 0 Å². The Bertz CT molecular complexity index is 422. The Balaban J connectivity index is 1.68. The van der Waals surface area contributed by atoms with Gasteiger partial charge in [0.25, 0.3) is 0 Å². The number of fused-ring (bicyclic) bond motifs is 1. The molecule has 0 amide bonds. The van der Waals surface area contributed by atoms with Gasteiger partial charge < -0.3 is 10.2 Å². The van der Waals surface area contributed by atoms with Gasteiger partial charge in [-0.25, -0.2) is 9.97 Å². The van der Waals surface area contributed by atoms with E-state index in [0.717, 1.165) is 43.7 Å². The van der Waals surface area contributed by atoms with Crippen LogP contribution in [0.2, 0.25) is 0 Å². The van der Waals surface area contributed by atoms with Crippen molar-refractivity contribution >= 4 is 11.6 Å². The second-order valence-corrected chi connectivity index (χ2v) is 5.47. The molecule has 1 atom stereocenters. The predicted octanol–water partition coefficient (Wildman–Crippen LogP) is 1.58. The summed E-state index contributed by atoms with van der Waals surface area (Å²) >= 11 is 0. The number of aromatic nitrogens is 2. The Labute approximate surface area is 115 Å². The van der Waals surface area contributed by atoms with Gasteiger partial charge in [0, 0.05) is 38.3 Å². The van der Waals surface area contributed by atoms with Crippen molar-refractivity contribution in [2.75, 3.05) is 42.9 Å². The third-order valence-electron chi connectivity index (χ3n) is 4.12. The molecule has 0 aliphatic carbocycles. The van der Waals surface area contributed by atoms with Crippen molar-refractivity contribution in [1.29, 1.82) is 0 Å². The standard InChI is InChI=1S/C14H23N5/c1-2-5-15-13-9-14(17-11-16-13)19-8-7-18-6-3-4-12(18)10-19/h9,11-12H,2-8,10H2,1H3,(H,15,16,17). The minimum absolute atomic E-state index is 0.732. The van der Waals surface area contributed by atoms with E-state index in [0.29, 0.717) is 0 Å². The Kier molecular flexibility index (Phi) is 3.82. The average Bonchev–Trinajstić information content (AvgIpc) is 2.92. The van der Waals surface area contributed by atoms with Gasteiger partial charge in [-0.3, -0.25) is 4.90 Å². The third kappa shape index (κ3) is 2.81. The second kappa shape index (κ2) is 5.74. The van der Waals surface area contributed by atoms with Crippen LogP contribution in [0.15, 0.2) is 12.4 Å². The first-order valence-corrected chi connectivity index (χ1v) is 7.41. The van der Waals surface area contributed by atoms with Crippen LogP contribution in [-0.2, 0) is 0 Å². The van der Waals surface area contributed by atoms with E-state index in [1.165, 1.54) is 25.9 Å². The van der Waals surface area contributed by atoms with Gasteiger partial charge in [0.2, 0.25) is 0 Å². The molecule has 0 saturated carbocycles. The van der Waals surface area contributed by atoms with Gasteiger partial charge in [0.15, 0.2) is 0 Å². The van der Waals surface area contributed by atoms with Crippen molar-refractivity contribution in [3.8, 4) is 0 Å². The molecule has 5 heteroatoms. The fourth-order valence-electron chi connectivity index (χ4n) is 3.07. The molecule has 2 saturated heterocycles. The van der Waals surface area contributed by atoms with Gasteiger partial charge in [-0.15, -0.1) is 0 Å². The molecule has 1 aromatic rings. The summed E-state index contributed by atoms with van der Waals surface area (Å²) in [5.74, 6) is 2.01. The summed E-state index contributed by atoms with van der Waals surface area (Å²) in [7, 11) is 0. The summed E-state index contributed by atoms with van der Waals surface area (Å²) in [6.45, 7) is 7.78. The van der Waals surface area contributed by atoms with E-state index in [4.69, 9.17) is 0 Å². The first kappa shape index (κ1) is 12.7. The van der Waals surface area contributed by atoms with E-state index in [1.807, 2.05) is 0 Å². The molecule has 19 heavy (non-hydrogen) atoms. The lowest BCUT2D eigenvalue weighted by Gasteiger charge is -2.38. The van der Waals surface area contributed by atoms with Crippen LogP contribution in [0.25, 0.3) is 0 Å². The zero-order chi connectivity index (χ0) is 13.1. The summed E-state index contributed by atoms with van der Waals surface area (Å²) in [4.78, 5) is 13.7. The van der Waals surface area contributed by atoms with Crippen LogP contribution in [0.5, 0.6) is 0 Å². The number of nitrogens with one attached hydrogen (secondary N) is 1. The van der Waals surface area contributed by atoms with Gasteiger partial charge in [-0.1, -0.05) is 6.92 Å². The molecule has 1 aromatic heterocycles. The van der Waals surface area contributed by atoms with E-state index in [9.17, 15) is 0 Å². The van der Waals surface area contributed by atoms with E-state index in [-0.39, 0.29) is 0 Å². The number of rotatable bonds is 4. The molecule has 0 spiro atoms. The molecule has 0 radical (unpaired) electrons. The lowest BCUT2D eigenvalue weighted by Crippen LogP contribution is -2.50. The number of nitrogens with zero attached hydrogens (tertiary/aromatic N) is 4. The van der Waals surface area contributed by atoms with Crippen LogP contribution in [0.3, 0.4) is 0 Å². The minimum Gasteiger partial charge on any atom is -0.370 e. The molecule has 0 bridgehead atoms. The first-order chi connectivity index (χ1) is 9.36. The van der Waals surface area contributed by atoms with Crippen molar-refractivity contribution in [2.45, 2.75) is 32.2 Å². The number of anilines is 2. The van der Waals surface area contributed by atoms with Crippen LogP contribution < -0.4 is 10.2 Å². The Morgan fingerprint density at radius 3 is 3.16 bits per heavy atom. The molecule has 2 aliphatic rings. The van der Waals surface area contributed by atoms with Gasteiger partial charge >= 0.3 is 0 Å². The quantitative estimate of drug-likeness (QED) is 0.891. The van der Waals surface area contributed by atoms with Crippen LogP contribution in [-0.4, -0.2) is 53.6 Å². The third-order valence-corrected chi connectivity index (χ3v) is 4.12. The lowest BCUT2D eigenvalue weighted by atomic mass is 10.1. The summed E-state index contributed by atoms with van der Waals surface area (Å²) in [5.41, 5.74) is 0. The molecule has 1 unspecified atom stereocenters. The monoisotopic (exact) mass is 261 g/mol. The predicted molar refractivity (Wildman–Crippen MR) is 77.6 cm³/mol. The lowest BCUT2D eigenvalue weighted by molar-refractivity contribution is 0.230. The van der Waals surface area contributed by atoms with Gasteiger partial charge in [0.05, 0.1) is 0 Å². The highest BCUT2D eigenvalue weighted by molar-refractivity contribution is 5.49. The second-order valence-electron chi connectivity index (χ2n) is 5.47. The molecule has 1 N–H and O–H groups in total. The molecule has 3 rings (SSSR count). The topological polar surface area (TPSA) is 44.3 Å². The molecule has 2 aliphatic heterocycles. The largest absolute Gasteiger partial charge is 0.370 e. The van der Waals surface area contributed by atoms with Crippen LogP contribution in [0, 0.1) is 0 Å². The van der Waals surface area contributed by atoms with Crippen molar-refractivity contribution in [3.63, 3.8) is 0 Å². The Hall–Kier alpha value is -1.36. The summed E-state index contributed by atoms with van der Waals surface area (Å²) in [5, 5.41) is 3.33. The smallest absolute Gasteiger partial charge is 0.134 e. The molecular weight excluding hydrogens is 238 g/mol. The maximum Gasteiger partial charge on any atom is 0.134 e. The van der Waals surface area contributed by atoms with E-state index in [2.05, 4.69) is 38.1 Å². The average molecular weight is 261 g/mol. The summed E-state index contributed by atoms with van der Waals surface area (Å²) in [6, 6.07) is 2.82. The zero-order valence-electron chi connectivity index (χ0n) is 11.7. The highest BCUT2D eigenvalue weighted by Gasteiger charge is 2.30. The maximum atomic E-state index is 4.44. The van der Waals surface area contributed by atoms with E-state index >= 15 is 0 Å². The summed E-state index contributed by atoms with van der Waals surface area (Å²) in [6.07, 6.45) is 5.47. The van der Waals surface area contributed by atoms with Gasteiger partial charge in [-0.05, 0) is 25.8 Å². The zero-order valence-corrected chi connectivity index (χ0v) is 11.7. The highest BCUT2D eigenvalue weighted by Crippen LogP contribution is 2.24. The fourth-order valence-corrected chi connectivity index (χ4v) is 3.07. The van der Waals surface area contributed by atoms with Crippen molar-refractivity contribution < 1.29 is 0 Å². The summed E-state index contributed by atoms with van der Waals surface area (Å²) < 4.78 is 0. The number of piperazine rings is 1. The maximum absolute atomic E-state index is 4.44. The van der Waals surface area contributed by atoms with Gasteiger partial charge in [0.1, 0.15) is 18.0 Å². The van der Waals surface area contributed by atoms with E-state index in [1.54, 1.807) is 6.33 Å². The number of hydrogen-bond acceptors (Lipinski definition) is 5. The van der Waals surface area contributed by atoms with Crippen molar-refractivity contribution in [3.05, 3.63) is 12.4 Å². The van der Waals surface area contributed by atoms with Crippen molar-refractivity contribution in [2.24, 2.45) is 0 Å². The molecule has 0 aromatic carbocycles. The molecular formula is C14H23N5. The molecule has 5 nitrogen and oxygen atoms in total. The Morgan fingerprint density at radius 2 is 2.26 bits per heavy atom. The van der Waals surface area contributed by atoms with Crippen LogP contribution in [0.1, 0.15) is 26.2 Å². The van der Waals surface area contributed by atoms with Crippen molar-refractivity contribution in [1.82, 2.24) is 14.9 Å². The fraction of sp³-hybridized carbons (Fsp3) is 0.714. The van der Waals surface area contributed by atoms with Crippen LogP contribution >= 0.6 is 0 Å². The van der Waals surface area contributed by atoms with Crippen LogP contribution in [0.4, 0.5) is 11.6 Å². The SMILES string of the molecule is CCCNc1cc(N2CCN3CCCC3C2)ncn1. The molecule has 104 valence electrons. The molecule has 2 fully saturated rings. The normalized spacial score (nSPS) is 23.4. The minimum atomic E-state index is 0.732. The molecule has 3 heterocycles. The first-order valence-electron chi connectivity index (χ1n) is 7.41.